The Hall–Kier alpha value is -0.820. The van der Waals surface area contributed by atoms with Crippen molar-refractivity contribution in [1.29, 1.82) is 0 Å². The van der Waals surface area contributed by atoms with Gasteiger partial charge >= 0.3 is 0 Å². The standard InChI is InChI=1S/C14H21N/c1-4-14(2)10-9-12-7-5-6-8-13(12)11-15(14)3/h5-8H,4,9-11H2,1-3H3. The van der Waals surface area contributed by atoms with Crippen molar-refractivity contribution < 1.29 is 0 Å². The van der Waals surface area contributed by atoms with Gasteiger partial charge in [-0.15, -0.1) is 0 Å². The molecule has 0 radical (unpaired) electrons. The van der Waals surface area contributed by atoms with E-state index in [1.807, 2.05) is 0 Å². The molecule has 1 aliphatic heterocycles. The largest absolute Gasteiger partial charge is 0.297 e. The van der Waals surface area contributed by atoms with E-state index in [-0.39, 0.29) is 0 Å². The van der Waals surface area contributed by atoms with E-state index < -0.39 is 0 Å². The molecule has 1 atom stereocenters. The van der Waals surface area contributed by atoms with E-state index in [4.69, 9.17) is 0 Å². The topological polar surface area (TPSA) is 3.24 Å². The summed E-state index contributed by atoms with van der Waals surface area (Å²) < 4.78 is 0. The summed E-state index contributed by atoms with van der Waals surface area (Å²) in [4.78, 5) is 2.51. The average Bonchev–Trinajstić information content (AvgIpc) is 2.38. The zero-order valence-electron chi connectivity index (χ0n) is 10.1. The summed E-state index contributed by atoms with van der Waals surface area (Å²) >= 11 is 0. The van der Waals surface area contributed by atoms with Gasteiger partial charge in [0, 0.05) is 12.1 Å². The van der Waals surface area contributed by atoms with Crippen LogP contribution in [-0.4, -0.2) is 17.5 Å². The Morgan fingerprint density at radius 1 is 1.27 bits per heavy atom. The Labute approximate surface area is 93.1 Å². The molecule has 1 heterocycles. The molecule has 1 aromatic rings. The van der Waals surface area contributed by atoms with E-state index in [2.05, 4.69) is 50.1 Å². The van der Waals surface area contributed by atoms with Gasteiger partial charge in [0.05, 0.1) is 0 Å². The molecule has 0 amide bonds. The lowest BCUT2D eigenvalue weighted by Crippen LogP contribution is -2.41. The van der Waals surface area contributed by atoms with Crippen LogP contribution in [0.1, 0.15) is 37.8 Å². The van der Waals surface area contributed by atoms with Crippen molar-refractivity contribution in [3.8, 4) is 0 Å². The van der Waals surface area contributed by atoms with Gasteiger partial charge in [0.15, 0.2) is 0 Å². The Kier molecular flexibility index (Phi) is 2.83. The lowest BCUT2D eigenvalue weighted by molar-refractivity contribution is 0.120. The Bertz CT molecular complexity index is 345. The minimum Gasteiger partial charge on any atom is -0.297 e. The first-order chi connectivity index (χ1) is 7.15. The first-order valence-electron chi connectivity index (χ1n) is 5.94. The molecule has 1 aliphatic rings. The van der Waals surface area contributed by atoms with Gasteiger partial charge in [-0.05, 0) is 44.4 Å². The van der Waals surface area contributed by atoms with Crippen LogP contribution in [0.5, 0.6) is 0 Å². The van der Waals surface area contributed by atoms with Crippen molar-refractivity contribution >= 4 is 0 Å². The third-order valence-corrected chi connectivity index (χ3v) is 4.14. The van der Waals surface area contributed by atoms with E-state index >= 15 is 0 Å². The van der Waals surface area contributed by atoms with Crippen LogP contribution in [0.15, 0.2) is 24.3 Å². The van der Waals surface area contributed by atoms with Gasteiger partial charge in [-0.3, -0.25) is 4.90 Å². The normalized spacial score (nSPS) is 27.1. The SMILES string of the molecule is CCC1(C)CCc2ccccc2CN1C. The van der Waals surface area contributed by atoms with Gasteiger partial charge in [-0.25, -0.2) is 0 Å². The molecule has 0 fully saturated rings. The molecule has 0 aliphatic carbocycles. The monoisotopic (exact) mass is 203 g/mol. The van der Waals surface area contributed by atoms with Crippen molar-refractivity contribution in [2.45, 2.75) is 45.2 Å². The second-order valence-corrected chi connectivity index (χ2v) is 4.98. The summed E-state index contributed by atoms with van der Waals surface area (Å²) in [5, 5.41) is 0. The van der Waals surface area contributed by atoms with Crippen LogP contribution in [0, 0.1) is 0 Å². The molecular weight excluding hydrogens is 182 g/mol. The maximum absolute atomic E-state index is 2.51. The predicted molar refractivity (Wildman–Crippen MR) is 64.9 cm³/mol. The zero-order chi connectivity index (χ0) is 10.9. The summed E-state index contributed by atoms with van der Waals surface area (Å²) in [5.41, 5.74) is 3.43. The van der Waals surface area contributed by atoms with E-state index in [9.17, 15) is 0 Å². The number of aryl methyl sites for hydroxylation is 1. The maximum atomic E-state index is 2.51. The van der Waals surface area contributed by atoms with Crippen LogP contribution in [0.2, 0.25) is 0 Å². The molecule has 0 saturated heterocycles. The third-order valence-electron chi connectivity index (χ3n) is 4.14. The number of hydrogen-bond donors (Lipinski definition) is 0. The molecule has 0 aromatic heterocycles. The highest BCUT2D eigenvalue weighted by Gasteiger charge is 2.29. The van der Waals surface area contributed by atoms with Gasteiger partial charge in [0.1, 0.15) is 0 Å². The molecule has 1 heteroatoms. The molecule has 1 aromatic carbocycles. The molecule has 82 valence electrons. The molecule has 2 rings (SSSR count). The van der Waals surface area contributed by atoms with E-state index in [1.165, 1.54) is 24.8 Å². The molecule has 0 spiro atoms. The highest BCUT2D eigenvalue weighted by molar-refractivity contribution is 5.28. The number of fused-ring (bicyclic) bond motifs is 1. The smallest absolute Gasteiger partial charge is 0.0238 e. The first kappa shape index (κ1) is 10.7. The minimum atomic E-state index is 0.374. The predicted octanol–water partition coefficient (Wildman–Crippen LogP) is 3.23. The fraction of sp³-hybridized carbons (Fsp3) is 0.571. The van der Waals surface area contributed by atoms with E-state index in [0.717, 1.165) is 6.54 Å². The van der Waals surface area contributed by atoms with Gasteiger partial charge in [-0.2, -0.15) is 0 Å². The number of hydrogen-bond acceptors (Lipinski definition) is 1. The Morgan fingerprint density at radius 2 is 1.93 bits per heavy atom. The van der Waals surface area contributed by atoms with Gasteiger partial charge in [-0.1, -0.05) is 31.2 Å². The number of benzene rings is 1. The van der Waals surface area contributed by atoms with Crippen molar-refractivity contribution in [1.82, 2.24) is 4.90 Å². The lowest BCUT2D eigenvalue weighted by atomic mass is 9.91. The molecular formula is C14H21N. The summed E-state index contributed by atoms with van der Waals surface area (Å²) in [5.74, 6) is 0. The second kappa shape index (κ2) is 3.97. The van der Waals surface area contributed by atoms with Crippen molar-refractivity contribution in [2.24, 2.45) is 0 Å². The van der Waals surface area contributed by atoms with E-state index in [0.29, 0.717) is 5.54 Å². The zero-order valence-corrected chi connectivity index (χ0v) is 10.1. The third kappa shape index (κ3) is 1.93. The van der Waals surface area contributed by atoms with Crippen LogP contribution in [0.3, 0.4) is 0 Å². The Balaban J connectivity index is 2.30. The summed E-state index contributed by atoms with van der Waals surface area (Å²) in [6.07, 6.45) is 3.74. The molecule has 1 nitrogen and oxygen atoms in total. The van der Waals surface area contributed by atoms with Crippen LogP contribution in [-0.2, 0) is 13.0 Å². The highest BCUT2D eigenvalue weighted by Crippen LogP contribution is 2.30. The number of rotatable bonds is 1. The first-order valence-corrected chi connectivity index (χ1v) is 5.94. The lowest BCUT2D eigenvalue weighted by Gasteiger charge is -2.36. The van der Waals surface area contributed by atoms with Crippen molar-refractivity contribution in [3.63, 3.8) is 0 Å². The van der Waals surface area contributed by atoms with Crippen LogP contribution in [0.4, 0.5) is 0 Å². The van der Waals surface area contributed by atoms with E-state index in [1.54, 1.807) is 5.56 Å². The van der Waals surface area contributed by atoms with Crippen LogP contribution < -0.4 is 0 Å². The van der Waals surface area contributed by atoms with Crippen molar-refractivity contribution in [3.05, 3.63) is 35.4 Å². The van der Waals surface area contributed by atoms with Gasteiger partial charge in [0.2, 0.25) is 0 Å². The van der Waals surface area contributed by atoms with Gasteiger partial charge < -0.3 is 0 Å². The molecule has 0 N–H and O–H groups in total. The summed E-state index contributed by atoms with van der Waals surface area (Å²) in [6, 6.07) is 8.87. The maximum Gasteiger partial charge on any atom is 0.0238 e. The minimum absolute atomic E-state index is 0.374. The average molecular weight is 203 g/mol. The molecule has 15 heavy (non-hydrogen) atoms. The summed E-state index contributed by atoms with van der Waals surface area (Å²) in [7, 11) is 2.26. The van der Waals surface area contributed by atoms with Crippen molar-refractivity contribution in [2.75, 3.05) is 7.05 Å². The molecule has 1 unspecified atom stereocenters. The quantitative estimate of drug-likeness (QED) is 0.677. The summed E-state index contributed by atoms with van der Waals surface area (Å²) in [6.45, 7) is 5.78. The molecule has 0 bridgehead atoms. The van der Waals surface area contributed by atoms with Gasteiger partial charge in [0.25, 0.3) is 0 Å². The highest BCUT2D eigenvalue weighted by atomic mass is 15.2. The fourth-order valence-electron chi connectivity index (χ4n) is 2.44. The Morgan fingerprint density at radius 3 is 2.60 bits per heavy atom. The van der Waals surface area contributed by atoms with Crippen LogP contribution in [0.25, 0.3) is 0 Å². The van der Waals surface area contributed by atoms with Crippen LogP contribution >= 0.6 is 0 Å². The second-order valence-electron chi connectivity index (χ2n) is 4.98. The fourth-order valence-corrected chi connectivity index (χ4v) is 2.44. The molecule has 0 saturated carbocycles. The number of nitrogens with zero attached hydrogens (tertiary/aromatic N) is 1.